The summed E-state index contributed by atoms with van der Waals surface area (Å²) >= 11 is 1.42. The molecule has 0 bridgehead atoms. The molecule has 2 aromatic heterocycles. The SMILES string of the molecule is O=C1C(=O)N(Cc2cccs2)C(=O)N1Cc1cc(-c2ccccc2)on1. The molecule has 130 valence electrons. The summed E-state index contributed by atoms with van der Waals surface area (Å²) in [5, 5.41) is 5.75. The maximum Gasteiger partial charge on any atom is 0.334 e. The van der Waals surface area contributed by atoms with Crippen LogP contribution in [0.4, 0.5) is 4.79 Å². The standard InChI is InChI=1S/C18H13N3O4S/c22-16-17(23)21(11-14-7-4-8-26-14)18(24)20(16)10-13-9-15(25-19-13)12-5-2-1-3-6-12/h1-9H,10-11H2. The van der Waals surface area contributed by atoms with Crippen molar-refractivity contribution in [2.24, 2.45) is 0 Å². The number of carbonyl (C=O) groups excluding carboxylic acids is 3. The molecule has 0 saturated carbocycles. The number of thiophene rings is 1. The average molecular weight is 367 g/mol. The lowest BCUT2D eigenvalue weighted by atomic mass is 10.1. The predicted octanol–water partition coefficient (Wildman–Crippen LogP) is 2.89. The van der Waals surface area contributed by atoms with Crippen LogP contribution >= 0.6 is 11.3 Å². The molecular formula is C18H13N3O4S. The number of aromatic nitrogens is 1. The van der Waals surface area contributed by atoms with Crippen molar-refractivity contribution >= 4 is 29.2 Å². The zero-order valence-corrected chi connectivity index (χ0v) is 14.3. The number of nitrogens with zero attached hydrogens (tertiary/aromatic N) is 3. The Balaban J connectivity index is 1.51. The maximum absolute atomic E-state index is 12.5. The summed E-state index contributed by atoms with van der Waals surface area (Å²) in [6.45, 7) is -0.0215. The van der Waals surface area contributed by atoms with Crippen molar-refractivity contribution < 1.29 is 18.9 Å². The highest BCUT2D eigenvalue weighted by atomic mass is 32.1. The largest absolute Gasteiger partial charge is 0.356 e. The Hall–Kier alpha value is -3.26. The molecule has 0 unspecified atom stereocenters. The lowest BCUT2D eigenvalue weighted by molar-refractivity contribution is -0.143. The molecule has 1 aliphatic rings. The zero-order valence-electron chi connectivity index (χ0n) is 13.5. The van der Waals surface area contributed by atoms with Crippen LogP contribution < -0.4 is 0 Å². The van der Waals surface area contributed by atoms with Crippen LogP contribution in [0, 0.1) is 0 Å². The quantitative estimate of drug-likeness (QED) is 0.511. The summed E-state index contributed by atoms with van der Waals surface area (Å²) < 4.78 is 5.27. The summed E-state index contributed by atoms with van der Waals surface area (Å²) in [6.07, 6.45) is 0. The Kier molecular flexibility index (Phi) is 4.10. The van der Waals surface area contributed by atoms with E-state index in [2.05, 4.69) is 5.16 Å². The van der Waals surface area contributed by atoms with E-state index in [0.29, 0.717) is 11.5 Å². The van der Waals surface area contributed by atoms with Gasteiger partial charge in [0.2, 0.25) is 0 Å². The highest BCUT2D eigenvalue weighted by Gasteiger charge is 2.44. The van der Waals surface area contributed by atoms with Crippen LogP contribution in [0.5, 0.6) is 0 Å². The van der Waals surface area contributed by atoms with Gasteiger partial charge in [-0.05, 0) is 11.4 Å². The van der Waals surface area contributed by atoms with E-state index in [1.807, 2.05) is 47.8 Å². The molecule has 1 aromatic carbocycles. The first-order valence-electron chi connectivity index (χ1n) is 7.84. The summed E-state index contributed by atoms with van der Waals surface area (Å²) in [6, 6.07) is 14.0. The minimum Gasteiger partial charge on any atom is -0.356 e. The van der Waals surface area contributed by atoms with E-state index in [9.17, 15) is 14.4 Å². The number of benzene rings is 1. The Bertz CT molecular complexity index is 966. The molecule has 1 fully saturated rings. The smallest absolute Gasteiger partial charge is 0.334 e. The molecule has 4 amide bonds. The maximum atomic E-state index is 12.5. The van der Waals surface area contributed by atoms with E-state index < -0.39 is 17.8 Å². The first kappa shape index (κ1) is 16.2. The number of hydrogen-bond acceptors (Lipinski definition) is 6. The Morgan fingerprint density at radius 2 is 1.65 bits per heavy atom. The van der Waals surface area contributed by atoms with Gasteiger partial charge in [0.15, 0.2) is 5.76 Å². The van der Waals surface area contributed by atoms with E-state index in [-0.39, 0.29) is 13.1 Å². The molecule has 0 radical (unpaired) electrons. The fourth-order valence-corrected chi connectivity index (χ4v) is 3.37. The van der Waals surface area contributed by atoms with E-state index in [4.69, 9.17) is 4.52 Å². The average Bonchev–Trinajstić information content (AvgIpc) is 3.38. The van der Waals surface area contributed by atoms with Gasteiger partial charge in [-0.15, -0.1) is 11.3 Å². The van der Waals surface area contributed by atoms with Gasteiger partial charge in [0.05, 0.1) is 13.1 Å². The minimum atomic E-state index is -0.851. The minimum absolute atomic E-state index is 0.0889. The molecule has 8 heteroatoms. The van der Waals surface area contributed by atoms with Crippen molar-refractivity contribution in [1.29, 1.82) is 0 Å². The molecule has 0 N–H and O–H groups in total. The summed E-state index contributed by atoms with van der Waals surface area (Å²) in [7, 11) is 0. The van der Waals surface area contributed by atoms with Crippen molar-refractivity contribution in [2.45, 2.75) is 13.1 Å². The van der Waals surface area contributed by atoms with Gasteiger partial charge in [-0.2, -0.15) is 0 Å². The third-order valence-electron chi connectivity index (χ3n) is 3.97. The molecule has 0 aliphatic carbocycles. The molecule has 1 saturated heterocycles. The normalized spacial score (nSPS) is 14.5. The lowest BCUT2D eigenvalue weighted by Gasteiger charge is -2.13. The molecule has 26 heavy (non-hydrogen) atoms. The second-order valence-electron chi connectivity index (χ2n) is 5.69. The van der Waals surface area contributed by atoms with Crippen molar-refractivity contribution in [2.75, 3.05) is 0 Å². The fourth-order valence-electron chi connectivity index (χ4n) is 2.67. The van der Waals surface area contributed by atoms with E-state index >= 15 is 0 Å². The van der Waals surface area contributed by atoms with Gasteiger partial charge in [0.1, 0.15) is 5.69 Å². The van der Waals surface area contributed by atoms with Crippen LogP contribution in [0.2, 0.25) is 0 Å². The van der Waals surface area contributed by atoms with Crippen LogP contribution in [0.25, 0.3) is 11.3 Å². The fraction of sp³-hybridized carbons (Fsp3) is 0.111. The molecule has 4 rings (SSSR count). The Morgan fingerprint density at radius 1 is 0.923 bits per heavy atom. The molecular weight excluding hydrogens is 354 g/mol. The van der Waals surface area contributed by atoms with Crippen LogP contribution in [0.1, 0.15) is 10.6 Å². The Morgan fingerprint density at radius 3 is 2.35 bits per heavy atom. The van der Waals surface area contributed by atoms with Crippen LogP contribution in [0.15, 0.2) is 58.4 Å². The van der Waals surface area contributed by atoms with Gasteiger partial charge in [0.25, 0.3) is 0 Å². The number of amides is 4. The first-order chi connectivity index (χ1) is 12.6. The highest BCUT2D eigenvalue weighted by molar-refractivity contribution is 7.09. The summed E-state index contributed by atoms with van der Waals surface area (Å²) in [4.78, 5) is 39.5. The lowest BCUT2D eigenvalue weighted by Crippen LogP contribution is -2.32. The van der Waals surface area contributed by atoms with Crippen molar-refractivity contribution in [3.63, 3.8) is 0 Å². The summed E-state index contributed by atoms with van der Waals surface area (Å²) in [5.41, 5.74) is 1.23. The number of carbonyl (C=O) groups is 3. The predicted molar refractivity (Wildman–Crippen MR) is 92.8 cm³/mol. The molecule has 7 nitrogen and oxygen atoms in total. The van der Waals surface area contributed by atoms with Gasteiger partial charge in [0, 0.05) is 16.5 Å². The van der Waals surface area contributed by atoms with Crippen LogP contribution in [-0.4, -0.2) is 32.8 Å². The number of urea groups is 1. The van der Waals surface area contributed by atoms with Crippen LogP contribution in [0.3, 0.4) is 0 Å². The summed E-state index contributed by atoms with van der Waals surface area (Å²) in [5.74, 6) is -1.15. The van der Waals surface area contributed by atoms with Crippen molar-refractivity contribution in [3.05, 3.63) is 64.5 Å². The first-order valence-corrected chi connectivity index (χ1v) is 8.72. The monoisotopic (exact) mass is 367 g/mol. The van der Waals surface area contributed by atoms with E-state index in [0.717, 1.165) is 20.2 Å². The van der Waals surface area contributed by atoms with Crippen molar-refractivity contribution in [3.8, 4) is 11.3 Å². The third kappa shape index (κ3) is 2.91. The molecule has 3 aromatic rings. The van der Waals surface area contributed by atoms with Gasteiger partial charge in [-0.3, -0.25) is 14.5 Å². The second-order valence-corrected chi connectivity index (χ2v) is 6.73. The number of imide groups is 2. The number of hydrogen-bond donors (Lipinski definition) is 0. The zero-order chi connectivity index (χ0) is 18.1. The molecule has 0 atom stereocenters. The van der Waals surface area contributed by atoms with Gasteiger partial charge >= 0.3 is 17.8 Å². The van der Waals surface area contributed by atoms with Gasteiger partial charge in [-0.25, -0.2) is 9.69 Å². The second kappa shape index (κ2) is 6.57. The topological polar surface area (TPSA) is 83.7 Å². The third-order valence-corrected chi connectivity index (χ3v) is 4.83. The molecule has 1 aliphatic heterocycles. The van der Waals surface area contributed by atoms with Crippen molar-refractivity contribution in [1.82, 2.24) is 15.0 Å². The van der Waals surface area contributed by atoms with Gasteiger partial charge < -0.3 is 4.52 Å². The number of rotatable bonds is 5. The molecule has 3 heterocycles. The molecule has 0 spiro atoms. The van der Waals surface area contributed by atoms with E-state index in [1.54, 1.807) is 6.07 Å². The Labute approximate surface area is 152 Å². The highest BCUT2D eigenvalue weighted by Crippen LogP contribution is 2.23. The van der Waals surface area contributed by atoms with Crippen LogP contribution in [-0.2, 0) is 22.7 Å². The van der Waals surface area contributed by atoms with E-state index in [1.165, 1.54) is 11.3 Å². The van der Waals surface area contributed by atoms with Gasteiger partial charge in [-0.1, -0.05) is 41.6 Å².